The normalized spacial score (nSPS) is 13.1. The first-order valence-electron chi connectivity index (χ1n) is 6.37. The Morgan fingerprint density at radius 1 is 1.19 bits per heavy atom. The van der Waals surface area contributed by atoms with Gasteiger partial charge in [-0.2, -0.15) is 0 Å². The fourth-order valence-corrected chi connectivity index (χ4v) is 1.63. The number of benzene rings is 1. The molecular weight excluding hydrogens is 296 g/mol. The van der Waals surface area contributed by atoms with Crippen LogP contribution in [0.1, 0.15) is 24.2 Å². The van der Waals surface area contributed by atoms with E-state index in [-0.39, 0.29) is 6.54 Å². The smallest absolute Gasteiger partial charge is 0.308 e. The van der Waals surface area contributed by atoms with Gasteiger partial charge in [-0.15, -0.1) is 0 Å². The summed E-state index contributed by atoms with van der Waals surface area (Å²) in [5.74, 6) is -2.55. The lowest BCUT2D eigenvalue weighted by molar-refractivity contribution is -0.142. The van der Waals surface area contributed by atoms with Gasteiger partial charge in [-0.3, -0.25) is 14.4 Å². The van der Waals surface area contributed by atoms with Crippen molar-refractivity contribution >= 4 is 29.4 Å². The van der Waals surface area contributed by atoms with E-state index in [1.807, 2.05) is 0 Å². The first-order valence-corrected chi connectivity index (χ1v) is 6.75. The molecule has 1 rings (SSSR count). The van der Waals surface area contributed by atoms with E-state index in [0.29, 0.717) is 10.6 Å². The number of carbonyl (C=O) groups is 3. The van der Waals surface area contributed by atoms with E-state index in [9.17, 15) is 14.4 Å². The minimum Gasteiger partial charge on any atom is -0.481 e. The zero-order valence-electron chi connectivity index (χ0n) is 11.7. The molecular formula is C14H17ClN2O4. The maximum atomic E-state index is 11.8. The number of halogens is 1. The van der Waals surface area contributed by atoms with Crippen molar-refractivity contribution in [1.82, 2.24) is 10.6 Å². The first-order chi connectivity index (χ1) is 9.81. The first kappa shape index (κ1) is 17.0. The Hall–Kier alpha value is -2.08. The minimum atomic E-state index is -0.993. The quantitative estimate of drug-likeness (QED) is 0.737. The molecule has 2 amide bonds. The zero-order chi connectivity index (χ0) is 16.0. The number of hydrogen-bond donors (Lipinski definition) is 3. The van der Waals surface area contributed by atoms with E-state index in [1.165, 1.54) is 6.92 Å². The third-order valence-corrected chi connectivity index (χ3v) is 3.30. The molecule has 0 heterocycles. The molecule has 0 fully saturated rings. The number of aliphatic carboxylic acids is 1. The maximum Gasteiger partial charge on any atom is 0.308 e. The third kappa shape index (κ3) is 5.43. The molecule has 0 spiro atoms. The largest absolute Gasteiger partial charge is 0.481 e. The van der Waals surface area contributed by atoms with E-state index >= 15 is 0 Å². The third-order valence-electron chi connectivity index (χ3n) is 3.04. The summed E-state index contributed by atoms with van der Waals surface area (Å²) >= 11 is 5.71. The van der Waals surface area contributed by atoms with Crippen molar-refractivity contribution in [3.8, 4) is 0 Å². The highest BCUT2D eigenvalue weighted by molar-refractivity contribution is 6.30. The summed E-state index contributed by atoms with van der Waals surface area (Å²) in [6, 6.07) is 5.72. The second-order valence-corrected chi connectivity index (χ2v) is 5.11. The highest BCUT2D eigenvalue weighted by atomic mass is 35.5. The molecule has 0 aliphatic heterocycles. The number of hydrogen-bond acceptors (Lipinski definition) is 3. The predicted octanol–water partition coefficient (Wildman–Crippen LogP) is 1.30. The van der Waals surface area contributed by atoms with E-state index in [0.717, 1.165) is 0 Å². The summed E-state index contributed by atoms with van der Waals surface area (Å²) in [5, 5.41) is 14.3. The molecule has 1 aromatic rings. The van der Waals surface area contributed by atoms with Gasteiger partial charge in [-0.05, 0) is 38.1 Å². The van der Waals surface area contributed by atoms with Gasteiger partial charge in [0.2, 0.25) is 5.91 Å². The zero-order valence-corrected chi connectivity index (χ0v) is 12.5. The Morgan fingerprint density at radius 3 is 2.29 bits per heavy atom. The van der Waals surface area contributed by atoms with E-state index < -0.39 is 29.7 Å². The van der Waals surface area contributed by atoms with Crippen LogP contribution >= 0.6 is 11.6 Å². The molecule has 0 radical (unpaired) electrons. The van der Waals surface area contributed by atoms with Gasteiger partial charge in [-0.25, -0.2) is 0 Å². The summed E-state index contributed by atoms with van der Waals surface area (Å²) in [6.07, 6.45) is 0. The Morgan fingerprint density at radius 2 is 1.76 bits per heavy atom. The van der Waals surface area contributed by atoms with Crippen molar-refractivity contribution < 1.29 is 19.5 Å². The van der Waals surface area contributed by atoms with Gasteiger partial charge in [0, 0.05) is 16.6 Å². The molecule has 7 heteroatoms. The lowest BCUT2D eigenvalue weighted by Gasteiger charge is -2.17. The molecule has 1 aromatic carbocycles. The average molecular weight is 313 g/mol. The van der Waals surface area contributed by atoms with Gasteiger partial charge in [0.15, 0.2) is 0 Å². The van der Waals surface area contributed by atoms with Crippen LogP contribution in [0.5, 0.6) is 0 Å². The van der Waals surface area contributed by atoms with Crippen LogP contribution in [-0.2, 0) is 9.59 Å². The Kier molecular flexibility index (Phi) is 6.17. The molecule has 0 aromatic heterocycles. The number of nitrogens with one attached hydrogen (secondary N) is 2. The van der Waals surface area contributed by atoms with E-state index in [1.54, 1.807) is 31.2 Å². The Balaban J connectivity index is 2.44. The van der Waals surface area contributed by atoms with Gasteiger partial charge >= 0.3 is 5.97 Å². The van der Waals surface area contributed by atoms with Crippen LogP contribution in [0.4, 0.5) is 0 Å². The van der Waals surface area contributed by atoms with Crippen LogP contribution in [0.2, 0.25) is 5.02 Å². The second-order valence-electron chi connectivity index (χ2n) is 4.67. The summed E-state index contributed by atoms with van der Waals surface area (Å²) in [7, 11) is 0. The Labute approximate surface area is 127 Å². The fraction of sp³-hybridized carbons (Fsp3) is 0.357. The summed E-state index contributed by atoms with van der Waals surface area (Å²) in [4.78, 5) is 34.2. The molecule has 2 unspecified atom stereocenters. The summed E-state index contributed by atoms with van der Waals surface area (Å²) in [6.45, 7) is 2.87. The van der Waals surface area contributed by atoms with Crippen LogP contribution in [-0.4, -0.2) is 35.5 Å². The van der Waals surface area contributed by atoms with Crippen LogP contribution in [0.15, 0.2) is 24.3 Å². The number of carboxylic acids is 1. The van der Waals surface area contributed by atoms with E-state index in [4.69, 9.17) is 16.7 Å². The van der Waals surface area contributed by atoms with Crippen molar-refractivity contribution in [2.75, 3.05) is 6.54 Å². The maximum absolute atomic E-state index is 11.8. The van der Waals surface area contributed by atoms with Gasteiger partial charge < -0.3 is 15.7 Å². The van der Waals surface area contributed by atoms with Gasteiger partial charge in [0.25, 0.3) is 5.91 Å². The molecule has 0 aliphatic carbocycles. The number of amides is 2. The summed E-state index contributed by atoms with van der Waals surface area (Å²) < 4.78 is 0. The lowest BCUT2D eigenvalue weighted by Crippen LogP contribution is -2.44. The minimum absolute atomic E-state index is 0.224. The SMILES string of the molecule is CC(NC(=O)CNC(=O)c1ccc(Cl)cc1)C(C)C(=O)O. The molecule has 0 saturated carbocycles. The number of carboxylic acid groups (broad SMARTS) is 1. The van der Waals surface area contributed by atoms with Crippen LogP contribution in [0.3, 0.4) is 0 Å². The molecule has 3 N–H and O–H groups in total. The van der Waals surface area contributed by atoms with Gasteiger partial charge in [0.1, 0.15) is 0 Å². The molecule has 6 nitrogen and oxygen atoms in total. The molecule has 0 saturated heterocycles. The molecule has 21 heavy (non-hydrogen) atoms. The predicted molar refractivity (Wildman–Crippen MR) is 78.2 cm³/mol. The van der Waals surface area contributed by atoms with Gasteiger partial charge in [-0.1, -0.05) is 11.6 Å². The van der Waals surface area contributed by atoms with Gasteiger partial charge in [0.05, 0.1) is 12.5 Å². The Bertz CT molecular complexity index is 530. The lowest BCUT2D eigenvalue weighted by atomic mass is 10.0. The molecule has 2 atom stereocenters. The second kappa shape index (κ2) is 7.64. The van der Waals surface area contributed by atoms with Crippen molar-refractivity contribution in [3.63, 3.8) is 0 Å². The van der Waals surface area contributed by atoms with Crippen molar-refractivity contribution in [2.45, 2.75) is 19.9 Å². The molecule has 0 aliphatic rings. The number of rotatable bonds is 6. The number of carbonyl (C=O) groups excluding carboxylic acids is 2. The highest BCUT2D eigenvalue weighted by Gasteiger charge is 2.21. The van der Waals surface area contributed by atoms with Crippen molar-refractivity contribution in [2.24, 2.45) is 5.92 Å². The standard InChI is InChI=1S/C14H17ClN2O4/c1-8(14(20)21)9(2)17-12(18)7-16-13(19)10-3-5-11(15)6-4-10/h3-6,8-9H,7H2,1-2H3,(H,16,19)(H,17,18)(H,20,21). The fourth-order valence-electron chi connectivity index (χ4n) is 1.51. The van der Waals surface area contributed by atoms with Crippen LogP contribution in [0, 0.1) is 5.92 Å². The molecule has 114 valence electrons. The average Bonchev–Trinajstić information content (AvgIpc) is 2.44. The highest BCUT2D eigenvalue weighted by Crippen LogP contribution is 2.09. The van der Waals surface area contributed by atoms with E-state index in [2.05, 4.69) is 10.6 Å². The topological polar surface area (TPSA) is 95.5 Å². The monoisotopic (exact) mass is 312 g/mol. The van der Waals surface area contributed by atoms with Crippen LogP contribution < -0.4 is 10.6 Å². The molecule has 0 bridgehead atoms. The van der Waals surface area contributed by atoms with Crippen LogP contribution in [0.25, 0.3) is 0 Å². The van der Waals surface area contributed by atoms with Crippen molar-refractivity contribution in [1.29, 1.82) is 0 Å². The summed E-state index contributed by atoms with van der Waals surface area (Å²) in [5.41, 5.74) is 0.388. The van der Waals surface area contributed by atoms with Crippen molar-refractivity contribution in [3.05, 3.63) is 34.9 Å².